The minimum absolute atomic E-state index is 0.139. The third-order valence-corrected chi connectivity index (χ3v) is 2.93. The Morgan fingerprint density at radius 1 is 1.44 bits per heavy atom. The van der Waals surface area contributed by atoms with E-state index in [1.807, 2.05) is 12.1 Å². The summed E-state index contributed by atoms with van der Waals surface area (Å²) in [5.74, 6) is 0.849. The Kier molecular flexibility index (Phi) is 3.19. The van der Waals surface area contributed by atoms with E-state index >= 15 is 0 Å². The van der Waals surface area contributed by atoms with Crippen LogP contribution in [0.1, 0.15) is 32.9 Å². The molecule has 0 radical (unpaired) electrons. The standard InChI is InChI=1S/C12H16N2OS/c1-12(2,3)16-14-9-6-8-15-10-5-4-7-13-11(9)10/h4-5,7H,6,8H2,1-3H3/b14-9+. The summed E-state index contributed by atoms with van der Waals surface area (Å²) in [6.45, 7) is 7.16. The van der Waals surface area contributed by atoms with Gasteiger partial charge in [-0.3, -0.25) is 4.98 Å². The smallest absolute Gasteiger partial charge is 0.146 e. The van der Waals surface area contributed by atoms with Crippen molar-refractivity contribution in [3.05, 3.63) is 24.0 Å². The molecule has 0 saturated heterocycles. The highest BCUT2D eigenvalue weighted by atomic mass is 32.2. The fraction of sp³-hybridized carbons (Fsp3) is 0.500. The lowest BCUT2D eigenvalue weighted by Crippen LogP contribution is -2.18. The predicted octanol–water partition coefficient (Wildman–Crippen LogP) is 3.10. The number of hydrogen-bond acceptors (Lipinski definition) is 4. The van der Waals surface area contributed by atoms with Crippen LogP contribution in [0.25, 0.3) is 0 Å². The average Bonchev–Trinajstić information content (AvgIpc) is 2.25. The largest absolute Gasteiger partial charge is 0.491 e. The molecular weight excluding hydrogens is 220 g/mol. The maximum Gasteiger partial charge on any atom is 0.146 e. The van der Waals surface area contributed by atoms with Crippen molar-refractivity contribution >= 4 is 17.7 Å². The molecule has 1 aliphatic rings. The Labute approximate surface area is 100 Å². The third kappa shape index (κ3) is 2.76. The Morgan fingerprint density at radius 2 is 2.25 bits per heavy atom. The van der Waals surface area contributed by atoms with E-state index in [9.17, 15) is 0 Å². The quantitative estimate of drug-likeness (QED) is 0.703. The van der Waals surface area contributed by atoms with Gasteiger partial charge in [-0.05, 0) is 44.9 Å². The summed E-state index contributed by atoms with van der Waals surface area (Å²) in [6, 6.07) is 3.83. The highest BCUT2D eigenvalue weighted by Crippen LogP contribution is 2.28. The minimum atomic E-state index is 0.139. The first-order valence-corrected chi connectivity index (χ1v) is 6.17. The number of hydrogen-bond donors (Lipinski definition) is 0. The zero-order chi connectivity index (χ0) is 11.6. The minimum Gasteiger partial charge on any atom is -0.491 e. The van der Waals surface area contributed by atoms with Crippen LogP contribution >= 0.6 is 11.9 Å². The van der Waals surface area contributed by atoms with E-state index in [1.54, 1.807) is 18.1 Å². The second-order valence-electron chi connectivity index (χ2n) is 4.69. The van der Waals surface area contributed by atoms with Gasteiger partial charge in [0.15, 0.2) is 0 Å². The summed E-state index contributed by atoms with van der Waals surface area (Å²) in [7, 11) is 0. The van der Waals surface area contributed by atoms with Crippen molar-refractivity contribution in [2.24, 2.45) is 4.40 Å². The van der Waals surface area contributed by atoms with E-state index in [1.165, 1.54) is 0 Å². The molecule has 0 bridgehead atoms. The number of ether oxygens (including phenoxy) is 1. The molecule has 0 atom stereocenters. The van der Waals surface area contributed by atoms with E-state index in [4.69, 9.17) is 4.74 Å². The normalized spacial score (nSPS) is 18.1. The highest BCUT2D eigenvalue weighted by Gasteiger charge is 2.19. The molecule has 1 aliphatic heterocycles. The summed E-state index contributed by atoms with van der Waals surface area (Å²) < 4.78 is 10.3. The second-order valence-corrected chi connectivity index (χ2v) is 6.28. The van der Waals surface area contributed by atoms with E-state index in [0.717, 1.165) is 23.6 Å². The Balaban J connectivity index is 2.25. The van der Waals surface area contributed by atoms with Crippen LogP contribution in [0.5, 0.6) is 5.75 Å². The van der Waals surface area contributed by atoms with Crippen LogP contribution in [-0.2, 0) is 0 Å². The molecule has 0 spiro atoms. The lowest BCUT2D eigenvalue weighted by Gasteiger charge is -2.19. The molecule has 86 valence electrons. The van der Waals surface area contributed by atoms with E-state index in [-0.39, 0.29) is 4.75 Å². The summed E-state index contributed by atoms with van der Waals surface area (Å²) in [5, 5.41) is 0. The highest BCUT2D eigenvalue weighted by molar-refractivity contribution is 7.99. The molecule has 0 amide bonds. The Morgan fingerprint density at radius 3 is 3.00 bits per heavy atom. The molecule has 0 aliphatic carbocycles. The van der Waals surface area contributed by atoms with Gasteiger partial charge in [0.25, 0.3) is 0 Å². The molecule has 0 aromatic carbocycles. The Bertz CT molecular complexity index is 410. The number of pyridine rings is 1. The molecule has 1 aromatic heterocycles. The van der Waals surface area contributed by atoms with Crippen LogP contribution in [0.4, 0.5) is 0 Å². The number of nitrogens with zero attached hydrogens (tertiary/aromatic N) is 2. The van der Waals surface area contributed by atoms with Crippen molar-refractivity contribution in [2.45, 2.75) is 31.9 Å². The molecule has 3 nitrogen and oxygen atoms in total. The van der Waals surface area contributed by atoms with E-state index in [0.29, 0.717) is 6.61 Å². The molecule has 0 N–H and O–H groups in total. The van der Waals surface area contributed by atoms with Crippen LogP contribution < -0.4 is 4.74 Å². The number of aromatic nitrogens is 1. The van der Waals surface area contributed by atoms with Crippen LogP contribution in [0.3, 0.4) is 0 Å². The van der Waals surface area contributed by atoms with Gasteiger partial charge in [0, 0.05) is 17.4 Å². The lowest BCUT2D eigenvalue weighted by molar-refractivity contribution is 0.318. The molecule has 16 heavy (non-hydrogen) atoms. The van der Waals surface area contributed by atoms with Gasteiger partial charge in [0.2, 0.25) is 0 Å². The Hall–Kier alpha value is -1.03. The van der Waals surface area contributed by atoms with Crippen LogP contribution in [0.2, 0.25) is 0 Å². The topological polar surface area (TPSA) is 34.5 Å². The van der Waals surface area contributed by atoms with Gasteiger partial charge in [-0.2, -0.15) is 0 Å². The van der Waals surface area contributed by atoms with Gasteiger partial charge >= 0.3 is 0 Å². The van der Waals surface area contributed by atoms with Crippen molar-refractivity contribution < 1.29 is 4.74 Å². The zero-order valence-corrected chi connectivity index (χ0v) is 10.7. The molecule has 0 fully saturated rings. The van der Waals surface area contributed by atoms with Gasteiger partial charge in [-0.25, -0.2) is 4.40 Å². The van der Waals surface area contributed by atoms with Crippen molar-refractivity contribution in [1.29, 1.82) is 0 Å². The molecule has 2 rings (SSSR count). The summed E-state index contributed by atoms with van der Waals surface area (Å²) in [5.41, 5.74) is 1.94. The molecule has 0 unspecified atom stereocenters. The van der Waals surface area contributed by atoms with Crippen molar-refractivity contribution in [3.8, 4) is 5.75 Å². The summed E-state index contributed by atoms with van der Waals surface area (Å²) in [6.07, 6.45) is 2.62. The first-order valence-electron chi connectivity index (χ1n) is 5.39. The molecule has 0 saturated carbocycles. The number of fused-ring (bicyclic) bond motifs is 1. The maximum absolute atomic E-state index is 5.53. The first-order chi connectivity index (χ1) is 7.56. The summed E-state index contributed by atoms with van der Waals surface area (Å²) in [4.78, 5) is 4.33. The molecule has 2 heterocycles. The third-order valence-electron chi connectivity index (χ3n) is 2.07. The second kappa shape index (κ2) is 4.45. The van der Waals surface area contributed by atoms with Gasteiger partial charge in [-0.1, -0.05) is 0 Å². The lowest BCUT2D eigenvalue weighted by atomic mass is 10.1. The van der Waals surface area contributed by atoms with Gasteiger partial charge in [-0.15, -0.1) is 0 Å². The fourth-order valence-electron chi connectivity index (χ4n) is 1.38. The first kappa shape index (κ1) is 11.5. The molecule has 1 aromatic rings. The van der Waals surface area contributed by atoms with E-state index in [2.05, 4.69) is 30.2 Å². The van der Waals surface area contributed by atoms with Crippen molar-refractivity contribution in [3.63, 3.8) is 0 Å². The predicted molar refractivity (Wildman–Crippen MR) is 68.2 cm³/mol. The van der Waals surface area contributed by atoms with Gasteiger partial charge in [0.05, 0.1) is 12.3 Å². The molecule has 4 heteroatoms. The average molecular weight is 236 g/mol. The van der Waals surface area contributed by atoms with Gasteiger partial charge in [0.1, 0.15) is 11.4 Å². The SMILES string of the molecule is CC(C)(C)S/N=C1\CCOc2cccnc21. The monoisotopic (exact) mass is 236 g/mol. The molecular formula is C12H16N2OS. The maximum atomic E-state index is 5.53. The van der Waals surface area contributed by atoms with Crippen LogP contribution in [-0.4, -0.2) is 22.0 Å². The van der Waals surface area contributed by atoms with Gasteiger partial charge < -0.3 is 4.74 Å². The summed E-state index contributed by atoms with van der Waals surface area (Å²) >= 11 is 1.60. The zero-order valence-electron chi connectivity index (χ0n) is 9.86. The van der Waals surface area contributed by atoms with Crippen LogP contribution in [0.15, 0.2) is 22.7 Å². The van der Waals surface area contributed by atoms with Crippen molar-refractivity contribution in [1.82, 2.24) is 4.98 Å². The fourth-order valence-corrected chi connectivity index (χ4v) is 1.94. The van der Waals surface area contributed by atoms with Crippen LogP contribution in [0, 0.1) is 0 Å². The van der Waals surface area contributed by atoms with E-state index < -0.39 is 0 Å². The number of rotatable bonds is 1. The van der Waals surface area contributed by atoms with Crippen molar-refractivity contribution in [2.75, 3.05) is 6.61 Å².